The Morgan fingerprint density at radius 1 is 1.41 bits per heavy atom. The molecule has 0 saturated carbocycles. The lowest BCUT2D eigenvalue weighted by molar-refractivity contribution is -0.688. The number of rotatable bonds is 9. The number of fused-ring (bicyclic) bond motifs is 2. The molecule has 5 rings (SSSR count). The number of carboxylic acids is 1. The molecule has 0 spiro atoms. The first-order valence-electron chi connectivity index (χ1n) is 11.0. The first-order chi connectivity index (χ1) is 17.9. The van der Waals surface area contributed by atoms with Crippen LogP contribution in [0.3, 0.4) is 0 Å². The Morgan fingerprint density at radius 3 is 2.97 bits per heavy atom. The molecular formula is C22H21FN7O5S2+. The lowest BCUT2D eigenvalue weighted by atomic mass is 10.0. The van der Waals surface area contributed by atoms with E-state index in [1.807, 2.05) is 45.9 Å². The number of aliphatic carboxylic acids is 1. The summed E-state index contributed by atoms with van der Waals surface area (Å²) in [6.45, 7) is -0.884. The minimum absolute atomic E-state index is 0.0885. The summed E-state index contributed by atoms with van der Waals surface area (Å²) in [6, 6.07) is 2.85. The van der Waals surface area contributed by atoms with Gasteiger partial charge in [0.05, 0.1) is 6.20 Å². The van der Waals surface area contributed by atoms with Crippen LogP contribution in [0.4, 0.5) is 9.52 Å². The molecule has 12 nitrogen and oxygen atoms in total. The highest BCUT2D eigenvalue weighted by molar-refractivity contribution is 8.00. The first kappa shape index (κ1) is 24.7. The molecule has 37 heavy (non-hydrogen) atoms. The number of nitrogens with zero attached hydrogens (tertiary/aromatic N) is 5. The van der Waals surface area contributed by atoms with Gasteiger partial charge >= 0.3 is 5.97 Å². The Kier molecular flexibility index (Phi) is 6.80. The number of aromatic nitrogens is 3. The molecule has 0 unspecified atom stereocenters. The number of carboxylic acid groups (broad SMARTS) is 1. The van der Waals surface area contributed by atoms with Crippen molar-refractivity contribution >= 4 is 57.2 Å². The minimum Gasteiger partial charge on any atom is -0.477 e. The molecule has 5 heterocycles. The third kappa shape index (κ3) is 4.74. The molecule has 2 aliphatic heterocycles. The van der Waals surface area contributed by atoms with Crippen LogP contribution in [0, 0.1) is 0 Å². The first-order valence-corrected chi connectivity index (χ1v) is 12.9. The van der Waals surface area contributed by atoms with Crippen molar-refractivity contribution in [2.45, 2.75) is 18.0 Å². The average molecular weight is 547 g/mol. The van der Waals surface area contributed by atoms with Gasteiger partial charge in [-0.25, -0.2) is 14.2 Å². The third-order valence-corrected chi connectivity index (χ3v) is 7.76. The van der Waals surface area contributed by atoms with Crippen molar-refractivity contribution in [2.24, 2.45) is 5.16 Å². The number of nitrogens with one attached hydrogen (secondary N) is 1. The molecule has 0 bridgehead atoms. The van der Waals surface area contributed by atoms with Crippen LogP contribution in [-0.2, 0) is 25.8 Å². The van der Waals surface area contributed by atoms with Crippen LogP contribution in [-0.4, -0.2) is 73.3 Å². The molecule has 4 N–H and O–H groups in total. The second kappa shape index (κ2) is 10.2. The molecule has 2 aliphatic rings. The highest BCUT2D eigenvalue weighted by Crippen LogP contribution is 2.40. The molecule has 1 fully saturated rings. The zero-order valence-electron chi connectivity index (χ0n) is 19.1. The van der Waals surface area contributed by atoms with Crippen LogP contribution in [0.15, 0.2) is 58.7 Å². The van der Waals surface area contributed by atoms with Crippen molar-refractivity contribution < 1.29 is 33.3 Å². The summed E-state index contributed by atoms with van der Waals surface area (Å²) in [7, 11) is 0. The molecule has 192 valence electrons. The topological polar surface area (TPSA) is 155 Å². The number of amides is 2. The smallest absolute Gasteiger partial charge is 0.352 e. The van der Waals surface area contributed by atoms with Gasteiger partial charge in [0.2, 0.25) is 0 Å². The predicted octanol–water partition coefficient (Wildman–Crippen LogP) is 0.395. The highest BCUT2D eigenvalue weighted by atomic mass is 32.2. The van der Waals surface area contributed by atoms with Crippen molar-refractivity contribution in [2.75, 3.05) is 24.8 Å². The molecule has 2 atom stereocenters. The number of alkyl halides is 1. The number of thioether (sulfide) groups is 1. The van der Waals surface area contributed by atoms with Gasteiger partial charge in [0.15, 0.2) is 29.8 Å². The standard InChI is InChI=1S/C22H20FN7O5S2/c23-3-7-35-27-15(14-11-37-22(24)25-14)18(31)26-16-19(32)30-17(21(33)34)12(10-36-20(16)30)8-28-5-6-29-4-1-2-13(29)9-28/h1-2,4-6,9,11,16,20H,3,7-8,10H2,(H3-,24,25,26,31,33,34)/p+1/b27-15-/t16-,20-/m1/s1. The largest absolute Gasteiger partial charge is 0.477 e. The quantitative estimate of drug-likeness (QED) is 0.114. The number of oxime groups is 1. The Bertz CT molecular complexity index is 1450. The number of thiazole rings is 1. The van der Waals surface area contributed by atoms with Gasteiger partial charge in [-0.2, -0.15) is 4.57 Å². The van der Waals surface area contributed by atoms with E-state index in [-0.39, 0.29) is 35.4 Å². The Labute approximate surface area is 217 Å². The maximum atomic E-state index is 13.0. The van der Waals surface area contributed by atoms with Gasteiger partial charge in [-0.05, 0) is 12.1 Å². The summed E-state index contributed by atoms with van der Waals surface area (Å²) in [4.78, 5) is 48.2. The molecule has 1 saturated heterocycles. The van der Waals surface area contributed by atoms with Crippen molar-refractivity contribution in [3.63, 3.8) is 0 Å². The van der Waals surface area contributed by atoms with Crippen LogP contribution in [0.25, 0.3) is 5.52 Å². The number of hydrogen-bond acceptors (Lipinski definition) is 9. The van der Waals surface area contributed by atoms with Gasteiger partial charge in [0, 0.05) is 22.9 Å². The zero-order valence-corrected chi connectivity index (χ0v) is 20.7. The van der Waals surface area contributed by atoms with E-state index in [0.717, 1.165) is 16.9 Å². The van der Waals surface area contributed by atoms with E-state index < -0.39 is 35.9 Å². The SMILES string of the molecule is Nc1nc(/C(=N/OCCF)C(=O)N[C@@H]2C(=O)N3C(C(=O)O)=C(C[n+]4ccn5cccc5c4)CS[C@H]23)cs1. The maximum absolute atomic E-state index is 13.0. The average Bonchev–Trinajstić information content (AvgIpc) is 3.53. The maximum Gasteiger partial charge on any atom is 0.352 e. The number of halogens is 1. The van der Waals surface area contributed by atoms with Crippen LogP contribution >= 0.6 is 23.1 Å². The normalized spacial score (nSPS) is 19.5. The van der Waals surface area contributed by atoms with Crippen LogP contribution in [0.1, 0.15) is 5.69 Å². The van der Waals surface area contributed by atoms with Gasteiger partial charge in [-0.1, -0.05) is 5.16 Å². The van der Waals surface area contributed by atoms with Gasteiger partial charge in [0.1, 0.15) is 41.6 Å². The van der Waals surface area contributed by atoms with Crippen LogP contribution in [0.5, 0.6) is 0 Å². The molecule has 3 aromatic heterocycles. The third-order valence-electron chi connectivity index (χ3n) is 5.74. The summed E-state index contributed by atoms with van der Waals surface area (Å²) in [5, 5.41) is 17.3. The number of β-lactam (4-membered cyclic amide) rings is 1. The van der Waals surface area contributed by atoms with E-state index in [1.165, 1.54) is 22.0 Å². The van der Waals surface area contributed by atoms with Gasteiger partial charge in [0.25, 0.3) is 11.8 Å². The Morgan fingerprint density at radius 2 is 2.24 bits per heavy atom. The van der Waals surface area contributed by atoms with Crippen molar-refractivity contribution in [3.05, 3.63) is 59.3 Å². The summed E-state index contributed by atoms with van der Waals surface area (Å²) in [5.74, 6) is -2.20. The number of carbonyl (C=O) groups is 3. The summed E-state index contributed by atoms with van der Waals surface area (Å²) < 4.78 is 16.2. The second-order valence-corrected chi connectivity index (χ2v) is 10.1. The fourth-order valence-electron chi connectivity index (χ4n) is 4.10. The van der Waals surface area contributed by atoms with Crippen molar-refractivity contribution in [3.8, 4) is 0 Å². The fourth-order valence-corrected chi connectivity index (χ4v) is 5.98. The lowest BCUT2D eigenvalue weighted by Crippen LogP contribution is -2.71. The van der Waals surface area contributed by atoms with E-state index in [1.54, 1.807) is 0 Å². The molecule has 2 amide bonds. The van der Waals surface area contributed by atoms with Crippen LogP contribution < -0.4 is 15.6 Å². The number of nitrogens with two attached hydrogens (primary N) is 1. The summed E-state index contributed by atoms with van der Waals surface area (Å²) in [5.41, 5.74) is 6.93. The minimum atomic E-state index is -1.22. The fraction of sp³-hybridized carbons (Fsp3) is 0.273. The number of carbonyl (C=O) groups excluding carboxylic acids is 2. The van der Waals surface area contributed by atoms with E-state index in [0.29, 0.717) is 11.3 Å². The number of anilines is 1. The predicted molar refractivity (Wildman–Crippen MR) is 132 cm³/mol. The molecule has 3 aromatic rings. The van der Waals surface area contributed by atoms with E-state index >= 15 is 0 Å². The lowest BCUT2D eigenvalue weighted by Gasteiger charge is -2.49. The van der Waals surface area contributed by atoms with Crippen LogP contribution in [0.2, 0.25) is 0 Å². The van der Waals surface area contributed by atoms with Gasteiger partial charge in [-0.15, -0.1) is 23.1 Å². The molecular weight excluding hydrogens is 525 g/mol. The zero-order chi connectivity index (χ0) is 26.1. The molecule has 0 radical (unpaired) electrons. The molecule has 0 aromatic carbocycles. The monoisotopic (exact) mass is 546 g/mol. The second-order valence-electron chi connectivity index (χ2n) is 8.09. The highest BCUT2D eigenvalue weighted by Gasteiger charge is 2.54. The number of hydrogen-bond donors (Lipinski definition) is 3. The Hall–Kier alpha value is -3.98. The Balaban J connectivity index is 1.34. The summed E-state index contributed by atoms with van der Waals surface area (Å²) in [6.07, 6.45) is 7.49. The van der Waals surface area contributed by atoms with E-state index in [9.17, 15) is 23.9 Å². The van der Waals surface area contributed by atoms with Gasteiger partial charge in [-0.3, -0.25) is 14.5 Å². The van der Waals surface area contributed by atoms with Crippen molar-refractivity contribution in [1.82, 2.24) is 19.6 Å². The number of nitrogen functional groups attached to an aromatic ring is 1. The molecule has 0 aliphatic carbocycles. The van der Waals surface area contributed by atoms with E-state index in [2.05, 4.69) is 15.5 Å². The van der Waals surface area contributed by atoms with Crippen molar-refractivity contribution in [1.29, 1.82) is 0 Å². The van der Waals surface area contributed by atoms with Gasteiger partial charge < -0.3 is 25.4 Å². The summed E-state index contributed by atoms with van der Waals surface area (Å²) >= 11 is 2.42. The van der Waals surface area contributed by atoms with E-state index in [4.69, 9.17) is 10.6 Å². The molecule has 15 heteroatoms.